The van der Waals surface area contributed by atoms with Gasteiger partial charge in [0.15, 0.2) is 0 Å². The van der Waals surface area contributed by atoms with Crippen molar-refractivity contribution in [2.24, 2.45) is 0 Å². The third-order valence-corrected chi connectivity index (χ3v) is 5.14. The maximum atomic E-state index is 13.0. The van der Waals surface area contributed by atoms with Crippen LogP contribution in [0.4, 0.5) is 10.5 Å². The fraction of sp³-hybridized carbons (Fsp3) is 0.545. The lowest BCUT2D eigenvalue weighted by Gasteiger charge is -2.33. The predicted molar refractivity (Wildman–Crippen MR) is 112 cm³/mol. The van der Waals surface area contributed by atoms with Gasteiger partial charge in [0.25, 0.3) is 0 Å². The molecule has 6 nitrogen and oxygen atoms in total. The minimum Gasteiger partial charge on any atom is -0.373 e. The van der Waals surface area contributed by atoms with Crippen LogP contribution in [0.15, 0.2) is 30.6 Å². The van der Waals surface area contributed by atoms with Crippen molar-refractivity contribution in [1.29, 1.82) is 0 Å². The molecule has 2 heterocycles. The first-order chi connectivity index (χ1) is 13.5. The number of para-hydroxylation sites is 1. The molecule has 6 heteroatoms. The summed E-state index contributed by atoms with van der Waals surface area (Å²) in [4.78, 5) is 14.9. The number of morpholine rings is 1. The first kappa shape index (κ1) is 20.4. The van der Waals surface area contributed by atoms with E-state index in [1.807, 2.05) is 28.9 Å². The van der Waals surface area contributed by atoms with Crippen molar-refractivity contribution in [2.45, 2.75) is 59.1 Å². The first-order valence-electron chi connectivity index (χ1n) is 10.3. The van der Waals surface area contributed by atoms with Crippen molar-refractivity contribution in [3.05, 3.63) is 47.3 Å². The molecule has 0 aliphatic carbocycles. The molecule has 1 N–H and O–H groups in total. The Morgan fingerprint density at radius 1 is 1.39 bits per heavy atom. The second-order valence-electron chi connectivity index (χ2n) is 7.89. The molecule has 1 atom stereocenters. The molecule has 1 saturated heterocycles. The molecule has 3 rings (SSSR count). The van der Waals surface area contributed by atoms with Crippen LogP contribution >= 0.6 is 0 Å². The molecule has 1 aromatic heterocycles. The minimum atomic E-state index is -0.0470. The van der Waals surface area contributed by atoms with E-state index < -0.39 is 0 Å². The molecule has 0 saturated carbocycles. The zero-order chi connectivity index (χ0) is 20.1. The first-order valence-corrected chi connectivity index (χ1v) is 10.3. The molecule has 1 unspecified atom stereocenters. The summed E-state index contributed by atoms with van der Waals surface area (Å²) >= 11 is 0. The summed E-state index contributed by atoms with van der Waals surface area (Å²) in [5.41, 5.74) is 4.50. The van der Waals surface area contributed by atoms with Gasteiger partial charge in [-0.2, -0.15) is 5.10 Å². The lowest BCUT2D eigenvalue weighted by Crippen LogP contribution is -2.48. The minimum absolute atomic E-state index is 0.0459. The maximum absolute atomic E-state index is 13.0. The Kier molecular flexibility index (Phi) is 6.73. The molecule has 0 bridgehead atoms. The van der Waals surface area contributed by atoms with E-state index in [-0.39, 0.29) is 12.1 Å². The number of urea groups is 1. The van der Waals surface area contributed by atoms with E-state index in [1.165, 1.54) is 11.1 Å². The molecule has 28 heavy (non-hydrogen) atoms. The normalized spacial score (nSPS) is 17.2. The predicted octanol–water partition coefficient (Wildman–Crippen LogP) is 4.20. The van der Waals surface area contributed by atoms with Crippen LogP contribution in [0.1, 0.15) is 49.8 Å². The number of amides is 2. The van der Waals surface area contributed by atoms with Crippen LogP contribution in [-0.2, 0) is 17.7 Å². The average Bonchev–Trinajstić information content (AvgIpc) is 3.08. The van der Waals surface area contributed by atoms with Gasteiger partial charge >= 0.3 is 6.03 Å². The third kappa shape index (κ3) is 4.93. The third-order valence-electron chi connectivity index (χ3n) is 5.14. The number of rotatable bonds is 6. The van der Waals surface area contributed by atoms with Crippen LogP contribution in [-0.4, -0.2) is 46.5 Å². The topological polar surface area (TPSA) is 59.4 Å². The summed E-state index contributed by atoms with van der Waals surface area (Å²) in [6, 6.07) is 6.28. The summed E-state index contributed by atoms with van der Waals surface area (Å²) in [5, 5.41) is 7.54. The Morgan fingerprint density at radius 3 is 2.89 bits per heavy atom. The van der Waals surface area contributed by atoms with Gasteiger partial charge in [-0.3, -0.25) is 4.68 Å². The molecular weight excluding hydrogens is 352 g/mol. The van der Waals surface area contributed by atoms with Gasteiger partial charge in [-0.25, -0.2) is 4.79 Å². The number of nitrogens with one attached hydrogen (secondary N) is 1. The molecule has 1 fully saturated rings. The van der Waals surface area contributed by atoms with Gasteiger partial charge in [-0.15, -0.1) is 0 Å². The standard InChI is InChI=1S/C22H32N4O2/c1-5-7-18-8-6-9-20(16(2)3)21(18)24-22(27)25-10-11-28-19(14-25)15-26-13-17(4)12-23-26/h6,8-9,12-13,16,19H,5,7,10-11,14-15H2,1-4H3,(H,24,27). The summed E-state index contributed by atoms with van der Waals surface area (Å²) in [6.45, 7) is 10.9. The Bertz CT molecular complexity index is 800. The van der Waals surface area contributed by atoms with E-state index in [2.05, 4.69) is 49.4 Å². The van der Waals surface area contributed by atoms with Crippen LogP contribution in [0.25, 0.3) is 0 Å². The lowest BCUT2D eigenvalue weighted by atomic mass is 9.96. The number of nitrogens with zero attached hydrogens (tertiary/aromatic N) is 3. The molecule has 2 aromatic rings. The van der Waals surface area contributed by atoms with Crippen LogP contribution < -0.4 is 5.32 Å². The van der Waals surface area contributed by atoms with E-state index in [9.17, 15) is 4.79 Å². The second-order valence-corrected chi connectivity index (χ2v) is 7.89. The van der Waals surface area contributed by atoms with Crippen molar-refractivity contribution in [1.82, 2.24) is 14.7 Å². The molecule has 0 spiro atoms. The second kappa shape index (κ2) is 9.24. The van der Waals surface area contributed by atoms with Gasteiger partial charge in [0.05, 0.1) is 32.0 Å². The van der Waals surface area contributed by atoms with Crippen molar-refractivity contribution < 1.29 is 9.53 Å². The highest BCUT2D eigenvalue weighted by atomic mass is 16.5. The highest BCUT2D eigenvalue weighted by Crippen LogP contribution is 2.29. The largest absolute Gasteiger partial charge is 0.373 e. The Balaban J connectivity index is 1.70. The van der Waals surface area contributed by atoms with Gasteiger partial charge < -0.3 is 15.0 Å². The summed E-state index contributed by atoms with van der Waals surface area (Å²) < 4.78 is 7.75. The van der Waals surface area contributed by atoms with E-state index in [0.29, 0.717) is 32.2 Å². The van der Waals surface area contributed by atoms with E-state index in [4.69, 9.17) is 4.74 Å². The van der Waals surface area contributed by atoms with Crippen LogP contribution in [0.2, 0.25) is 0 Å². The van der Waals surface area contributed by atoms with Gasteiger partial charge in [0, 0.05) is 18.4 Å². The summed E-state index contributed by atoms with van der Waals surface area (Å²) in [5.74, 6) is 0.354. The van der Waals surface area contributed by atoms with Crippen LogP contribution in [0.3, 0.4) is 0 Å². The van der Waals surface area contributed by atoms with E-state index >= 15 is 0 Å². The van der Waals surface area contributed by atoms with Gasteiger partial charge in [0.1, 0.15) is 0 Å². The lowest BCUT2D eigenvalue weighted by molar-refractivity contribution is -0.0219. The molecule has 1 aromatic carbocycles. The van der Waals surface area contributed by atoms with Crippen LogP contribution in [0, 0.1) is 6.92 Å². The Labute approximate surface area is 167 Å². The summed E-state index contributed by atoms with van der Waals surface area (Å²) in [7, 11) is 0. The molecule has 2 amide bonds. The number of hydrogen-bond donors (Lipinski definition) is 1. The fourth-order valence-corrected chi connectivity index (χ4v) is 3.71. The number of aromatic nitrogens is 2. The number of benzene rings is 1. The SMILES string of the molecule is CCCc1cccc(C(C)C)c1NC(=O)N1CCOC(Cn2cc(C)cn2)C1. The average molecular weight is 385 g/mol. The van der Waals surface area contributed by atoms with Gasteiger partial charge in [-0.05, 0) is 36.0 Å². The van der Waals surface area contributed by atoms with Crippen molar-refractivity contribution in [2.75, 3.05) is 25.0 Å². The molecule has 0 radical (unpaired) electrons. The summed E-state index contributed by atoms with van der Waals surface area (Å²) in [6.07, 6.45) is 5.80. The Hall–Kier alpha value is -2.34. The van der Waals surface area contributed by atoms with Crippen LogP contribution in [0.5, 0.6) is 0 Å². The maximum Gasteiger partial charge on any atom is 0.322 e. The zero-order valence-corrected chi connectivity index (χ0v) is 17.4. The fourth-order valence-electron chi connectivity index (χ4n) is 3.71. The number of ether oxygens (including phenoxy) is 1. The number of aryl methyl sites for hydroxylation is 2. The highest BCUT2D eigenvalue weighted by Gasteiger charge is 2.26. The van der Waals surface area contributed by atoms with Crippen molar-refractivity contribution in [3.63, 3.8) is 0 Å². The quantitative estimate of drug-likeness (QED) is 0.812. The van der Waals surface area contributed by atoms with Crippen molar-refractivity contribution >= 4 is 11.7 Å². The Morgan fingerprint density at radius 2 is 2.21 bits per heavy atom. The zero-order valence-electron chi connectivity index (χ0n) is 17.4. The number of anilines is 1. The molecule has 1 aliphatic rings. The number of carbonyl (C=O) groups is 1. The highest BCUT2D eigenvalue weighted by molar-refractivity contribution is 5.91. The van der Waals surface area contributed by atoms with E-state index in [1.54, 1.807) is 0 Å². The van der Waals surface area contributed by atoms with Gasteiger partial charge in [-0.1, -0.05) is 45.4 Å². The smallest absolute Gasteiger partial charge is 0.322 e. The number of hydrogen-bond acceptors (Lipinski definition) is 3. The van der Waals surface area contributed by atoms with E-state index in [0.717, 1.165) is 24.1 Å². The van der Waals surface area contributed by atoms with Gasteiger partial charge in [0.2, 0.25) is 0 Å². The molecule has 1 aliphatic heterocycles. The number of carbonyl (C=O) groups excluding carboxylic acids is 1. The molecular formula is C22H32N4O2. The monoisotopic (exact) mass is 384 g/mol. The van der Waals surface area contributed by atoms with Crippen molar-refractivity contribution in [3.8, 4) is 0 Å². The molecule has 152 valence electrons.